The van der Waals surface area contributed by atoms with Gasteiger partial charge in [-0.25, -0.2) is 4.79 Å². The van der Waals surface area contributed by atoms with E-state index in [1.165, 1.54) is 0 Å². The van der Waals surface area contributed by atoms with Gasteiger partial charge < -0.3 is 10.0 Å². The normalized spacial score (nSPS) is 7.80. The van der Waals surface area contributed by atoms with Crippen LogP contribution in [0.2, 0.25) is 0 Å². The van der Waals surface area contributed by atoms with Crippen molar-refractivity contribution in [2.24, 2.45) is 0 Å². The van der Waals surface area contributed by atoms with Crippen molar-refractivity contribution in [1.29, 1.82) is 0 Å². The van der Waals surface area contributed by atoms with E-state index >= 15 is 0 Å². The number of carboxylic acids is 1. The first kappa shape index (κ1) is 8.83. The summed E-state index contributed by atoms with van der Waals surface area (Å²) in [4.78, 5) is 11.7. The molecular weight excluding hydrogens is 130 g/mol. The summed E-state index contributed by atoms with van der Waals surface area (Å²) >= 11 is 0. The summed E-state index contributed by atoms with van der Waals surface area (Å²) in [5, 5.41) is 8.15. The topological polar surface area (TPSA) is 40.5 Å². The lowest BCUT2D eigenvalue weighted by Crippen LogP contribution is -2.16. The zero-order valence-electron chi connectivity index (χ0n) is 6.22. The first-order valence-electron chi connectivity index (χ1n) is 3.20. The van der Waals surface area contributed by atoms with Crippen LogP contribution >= 0.6 is 0 Å². The minimum absolute atomic E-state index is 0.761. The van der Waals surface area contributed by atoms with E-state index < -0.39 is 5.97 Å². The molecule has 3 nitrogen and oxygen atoms in total. The average Bonchev–Trinajstić information content (AvgIpc) is 1.90. The van der Waals surface area contributed by atoms with Crippen LogP contribution < -0.4 is 0 Å². The SMILES string of the molecule is CCN(C#CC(=O)O)CC. The van der Waals surface area contributed by atoms with E-state index in [-0.39, 0.29) is 0 Å². The van der Waals surface area contributed by atoms with Crippen molar-refractivity contribution >= 4 is 5.97 Å². The molecule has 0 aliphatic rings. The van der Waals surface area contributed by atoms with Gasteiger partial charge in [0.05, 0.1) is 0 Å². The minimum Gasteiger partial charge on any atom is -0.472 e. The van der Waals surface area contributed by atoms with Crippen LogP contribution in [-0.2, 0) is 4.79 Å². The van der Waals surface area contributed by atoms with Crippen LogP contribution in [0.4, 0.5) is 0 Å². The summed E-state index contributed by atoms with van der Waals surface area (Å²) < 4.78 is 0. The zero-order chi connectivity index (χ0) is 7.98. The lowest BCUT2D eigenvalue weighted by Gasteiger charge is -2.09. The second kappa shape index (κ2) is 4.68. The molecule has 56 valence electrons. The van der Waals surface area contributed by atoms with E-state index in [9.17, 15) is 4.79 Å². The number of carboxylic acid groups (broad SMARTS) is 1. The lowest BCUT2D eigenvalue weighted by molar-refractivity contribution is -0.130. The summed E-state index contributed by atoms with van der Waals surface area (Å²) in [5.74, 6) is 0.963. The molecule has 0 aliphatic carbocycles. The largest absolute Gasteiger partial charge is 0.472 e. The molecule has 0 fully saturated rings. The second-order valence-corrected chi connectivity index (χ2v) is 1.71. The van der Waals surface area contributed by atoms with Gasteiger partial charge in [0.25, 0.3) is 0 Å². The van der Waals surface area contributed by atoms with Crippen LogP contribution in [0, 0.1) is 12.0 Å². The standard InChI is InChI=1S/C7H11NO2/c1-3-8(4-2)6-5-7(9)10/h3-4H2,1-2H3,(H,9,10). The fraction of sp³-hybridized carbons (Fsp3) is 0.571. The Kier molecular flexibility index (Phi) is 4.14. The maximum atomic E-state index is 9.94. The molecule has 0 aromatic rings. The van der Waals surface area contributed by atoms with Gasteiger partial charge in [0.2, 0.25) is 0 Å². The minimum atomic E-state index is -1.08. The first-order valence-corrected chi connectivity index (χ1v) is 3.20. The Bertz CT molecular complexity index is 162. The molecule has 10 heavy (non-hydrogen) atoms. The second-order valence-electron chi connectivity index (χ2n) is 1.71. The van der Waals surface area contributed by atoms with Crippen molar-refractivity contribution in [2.45, 2.75) is 13.8 Å². The lowest BCUT2D eigenvalue weighted by atomic mass is 10.5. The summed E-state index contributed by atoms with van der Waals surface area (Å²) in [6.45, 7) is 5.38. The fourth-order valence-electron chi connectivity index (χ4n) is 0.509. The van der Waals surface area contributed by atoms with Crippen LogP contribution in [0.25, 0.3) is 0 Å². The summed E-state index contributed by atoms with van der Waals surface area (Å²) in [5.41, 5.74) is 0. The molecule has 0 bridgehead atoms. The summed E-state index contributed by atoms with van der Waals surface area (Å²) in [6.07, 6.45) is 0. The van der Waals surface area contributed by atoms with Gasteiger partial charge in [-0.2, -0.15) is 0 Å². The Morgan fingerprint density at radius 2 is 2.00 bits per heavy atom. The Labute approximate surface area is 60.6 Å². The number of hydrogen-bond acceptors (Lipinski definition) is 2. The number of carbonyl (C=O) groups is 1. The van der Waals surface area contributed by atoms with Crippen molar-refractivity contribution in [2.75, 3.05) is 13.1 Å². The highest BCUT2D eigenvalue weighted by molar-refractivity contribution is 5.86. The van der Waals surface area contributed by atoms with Crippen molar-refractivity contribution in [3.05, 3.63) is 0 Å². The van der Waals surface area contributed by atoms with Crippen molar-refractivity contribution in [3.63, 3.8) is 0 Å². The Morgan fingerprint density at radius 3 is 2.30 bits per heavy atom. The van der Waals surface area contributed by atoms with Crippen molar-refractivity contribution in [1.82, 2.24) is 4.90 Å². The van der Waals surface area contributed by atoms with Gasteiger partial charge in [-0.15, -0.1) is 0 Å². The van der Waals surface area contributed by atoms with Gasteiger partial charge in [0.1, 0.15) is 0 Å². The maximum absolute atomic E-state index is 9.94. The Hall–Kier alpha value is -1.17. The quantitative estimate of drug-likeness (QED) is 0.446. The predicted molar refractivity (Wildman–Crippen MR) is 38.3 cm³/mol. The number of hydrogen-bond donors (Lipinski definition) is 1. The average molecular weight is 141 g/mol. The molecule has 0 aliphatic heterocycles. The van der Waals surface area contributed by atoms with Gasteiger partial charge in [0, 0.05) is 25.1 Å². The molecule has 0 saturated heterocycles. The van der Waals surface area contributed by atoms with E-state index in [1.807, 2.05) is 19.8 Å². The molecule has 0 spiro atoms. The van der Waals surface area contributed by atoms with Crippen LogP contribution in [0.5, 0.6) is 0 Å². The van der Waals surface area contributed by atoms with Crippen molar-refractivity contribution < 1.29 is 9.90 Å². The third kappa shape index (κ3) is 3.79. The van der Waals surface area contributed by atoms with Crippen LogP contribution in [-0.4, -0.2) is 29.1 Å². The van der Waals surface area contributed by atoms with Crippen LogP contribution in [0.1, 0.15) is 13.8 Å². The van der Waals surface area contributed by atoms with E-state index in [0.29, 0.717) is 0 Å². The summed E-state index contributed by atoms with van der Waals surface area (Å²) in [7, 11) is 0. The van der Waals surface area contributed by atoms with Gasteiger partial charge in [-0.1, -0.05) is 0 Å². The fourth-order valence-corrected chi connectivity index (χ4v) is 0.509. The highest BCUT2D eigenvalue weighted by Gasteiger charge is 1.89. The molecule has 0 amide bonds. The number of nitrogens with zero attached hydrogens (tertiary/aromatic N) is 1. The van der Waals surface area contributed by atoms with E-state index in [0.717, 1.165) is 13.1 Å². The monoisotopic (exact) mass is 141 g/mol. The predicted octanol–water partition coefficient (Wildman–Crippen LogP) is 0.374. The molecule has 0 rings (SSSR count). The van der Waals surface area contributed by atoms with E-state index in [2.05, 4.69) is 6.04 Å². The number of rotatable bonds is 2. The molecule has 3 heteroatoms. The Morgan fingerprint density at radius 1 is 1.50 bits per heavy atom. The van der Waals surface area contributed by atoms with E-state index in [4.69, 9.17) is 5.11 Å². The smallest absolute Gasteiger partial charge is 0.383 e. The highest BCUT2D eigenvalue weighted by Crippen LogP contribution is 1.80. The molecule has 0 atom stereocenters. The van der Waals surface area contributed by atoms with Crippen LogP contribution in [0.15, 0.2) is 0 Å². The highest BCUT2D eigenvalue weighted by atomic mass is 16.4. The third-order valence-corrected chi connectivity index (χ3v) is 1.08. The van der Waals surface area contributed by atoms with Crippen LogP contribution in [0.3, 0.4) is 0 Å². The van der Waals surface area contributed by atoms with E-state index in [1.54, 1.807) is 4.90 Å². The molecule has 0 radical (unpaired) electrons. The third-order valence-electron chi connectivity index (χ3n) is 1.08. The maximum Gasteiger partial charge on any atom is 0.383 e. The van der Waals surface area contributed by atoms with Gasteiger partial charge in [0.15, 0.2) is 0 Å². The van der Waals surface area contributed by atoms with Gasteiger partial charge in [-0.3, -0.25) is 0 Å². The van der Waals surface area contributed by atoms with Crippen molar-refractivity contribution in [3.8, 4) is 12.0 Å². The molecule has 1 N–H and O–H groups in total. The molecule has 0 aromatic carbocycles. The van der Waals surface area contributed by atoms with Gasteiger partial charge >= 0.3 is 5.97 Å². The molecule has 0 unspecified atom stereocenters. The molecular formula is C7H11NO2. The van der Waals surface area contributed by atoms with Gasteiger partial charge in [-0.05, 0) is 13.8 Å². The molecule has 0 aromatic heterocycles. The summed E-state index contributed by atoms with van der Waals surface area (Å²) in [6, 6.07) is 2.50. The molecule has 0 saturated carbocycles. The first-order chi connectivity index (χ1) is 4.70. The Balaban J connectivity index is 3.86. The molecule has 0 heterocycles. The zero-order valence-corrected chi connectivity index (χ0v) is 6.22. The number of aliphatic carboxylic acids is 1.